The van der Waals surface area contributed by atoms with Crippen molar-refractivity contribution in [3.05, 3.63) is 26.6 Å². The smallest absolute Gasteiger partial charge is 0.348 e. The van der Waals surface area contributed by atoms with E-state index >= 15 is 0 Å². The number of nitrogens with zero attached hydrogens (tertiary/aromatic N) is 2. The Morgan fingerprint density at radius 1 is 1.50 bits per heavy atom. The third-order valence-electron chi connectivity index (χ3n) is 3.53. The fourth-order valence-electron chi connectivity index (χ4n) is 2.53. The first kappa shape index (κ1) is 13.3. The van der Waals surface area contributed by atoms with Crippen LogP contribution in [0.15, 0.2) is 4.79 Å². The maximum atomic E-state index is 12.5. The molecule has 1 aliphatic rings. The number of hydrogen-bond acceptors (Lipinski definition) is 5. The number of aryl methyl sites for hydroxylation is 2. The van der Waals surface area contributed by atoms with Gasteiger partial charge in [-0.3, -0.25) is 9.36 Å². The monoisotopic (exact) mass is 292 g/mol. The zero-order valence-electron chi connectivity index (χ0n) is 11.6. The van der Waals surface area contributed by atoms with Crippen molar-refractivity contribution in [3.8, 4) is 0 Å². The van der Waals surface area contributed by atoms with E-state index in [1.54, 1.807) is 11.5 Å². The number of carbonyl (C=O) groups excluding carboxylic acids is 1. The summed E-state index contributed by atoms with van der Waals surface area (Å²) in [5.74, 6) is 0.481. The summed E-state index contributed by atoms with van der Waals surface area (Å²) in [6.07, 6.45) is 2.58. The van der Waals surface area contributed by atoms with Gasteiger partial charge in [-0.15, -0.1) is 11.3 Å². The van der Waals surface area contributed by atoms with Gasteiger partial charge in [-0.25, -0.2) is 9.78 Å². The van der Waals surface area contributed by atoms with Gasteiger partial charge in [0.15, 0.2) is 0 Å². The molecule has 0 aliphatic carbocycles. The van der Waals surface area contributed by atoms with E-state index < -0.39 is 0 Å². The lowest BCUT2D eigenvalue weighted by Gasteiger charge is -2.02. The van der Waals surface area contributed by atoms with Crippen LogP contribution in [0, 0.1) is 6.92 Å². The summed E-state index contributed by atoms with van der Waals surface area (Å²) < 4.78 is 6.89. The molecule has 0 saturated carbocycles. The minimum Gasteiger partial charge on any atom is -0.462 e. The number of fused-ring (bicyclic) bond motifs is 2. The molecule has 2 aromatic heterocycles. The zero-order valence-corrected chi connectivity index (χ0v) is 12.4. The highest BCUT2D eigenvalue weighted by Gasteiger charge is 2.23. The molecule has 0 radical (unpaired) electrons. The van der Waals surface area contributed by atoms with Crippen molar-refractivity contribution in [1.82, 2.24) is 9.55 Å². The van der Waals surface area contributed by atoms with Crippen LogP contribution >= 0.6 is 11.3 Å². The van der Waals surface area contributed by atoms with Gasteiger partial charge in [-0.1, -0.05) is 6.92 Å². The molecule has 0 aromatic carbocycles. The Balaban J connectivity index is 2.14. The Morgan fingerprint density at radius 3 is 3.05 bits per heavy atom. The molecule has 106 valence electrons. The Morgan fingerprint density at radius 2 is 2.30 bits per heavy atom. The van der Waals surface area contributed by atoms with E-state index in [0.29, 0.717) is 27.3 Å². The van der Waals surface area contributed by atoms with E-state index in [1.165, 1.54) is 11.3 Å². The van der Waals surface area contributed by atoms with Crippen molar-refractivity contribution >= 4 is 27.5 Å². The molecule has 0 fully saturated rings. The number of rotatable bonds is 3. The highest BCUT2D eigenvalue weighted by Crippen LogP contribution is 2.29. The summed E-state index contributed by atoms with van der Waals surface area (Å²) in [5, 5.41) is 0.573. The SMILES string of the molecule is CCCOC(=O)c1sc2nc3n(c(=O)c2c1C)CCC3. The standard InChI is InChI=1S/C14H16N2O3S/c1-3-7-19-14(18)11-8(2)10-12(20-11)15-9-5-4-6-16(9)13(10)17/h3-7H2,1-2H3. The maximum absolute atomic E-state index is 12.5. The molecule has 0 amide bonds. The van der Waals surface area contributed by atoms with Crippen molar-refractivity contribution in [2.75, 3.05) is 6.61 Å². The van der Waals surface area contributed by atoms with Crippen LogP contribution in [-0.2, 0) is 17.7 Å². The fraction of sp³-hybridized carbons (Fsp3) is 0.500. The van der Waals surface area contributed by atoms with Gasteiger partial charge in [0.05, 0.1) is 12.0 Å². The Kier molecular flexibility index (Phi) is 3.33. The van der Waals surface area contributed by atoms with E-state index in [4.69, 9.17) is 4.74 Å². The van der Waals surface area contributed by atoms with Gasteiger partial charge in [-0.05, 0) is 25.3 Å². The fourth-order valence-corrected chi connectivity index (χ4v) is 3.61. The average Bonchev–Trinajstić information content (AvgIpc) is 3.01. The third kappa shape index (κ3) is 1.95. The zero-order chi connectivity index (χ0) is 14.3. The van der Waals surface area contributed by atoms with E-state index in [-0.39, 0.29) is 11.5 Å². The number of ether oxygens (including phenoxy) is 1. The normalized spacial score (nSPS) is 13.7. The van der Waals surface area contributed by atoms with Crippen LogP contribution in [0.3, 0.4) is 0 Å². The number of hydrogen-bond donors (Lipinski definition) is 0. The first-order valence-electron chi connectivity index (χ1n) is 6.83. The van der Waals surface area contributed by atoms with Crippen LogP contribution in [0.2, 0.25) is 0 Å². The molecule has 0 atom stereocenters. The average molecular weight is 292 g/mol. The summed E-state index contributed by atoms with van der Waals surface area (Å²) >= 11 is 1.26. The molecule has 6 heteroatoms. The van der Waals surface area contributed by atoms with Gasteiger partial charge in [0.1, 0.15) is 15.5 Å². The summed E-state index contributed by atoms with van der Waals surface area (Å²) in [6, 6.07) is 0. The minimum atomic E-state index is -0.350. The van der Waals surface area contributed by atoms with Crippen molar-refractivity contribution in [1.29, 1.82) is 0 Å². The lowest BCUT2D eigenvalue weighted by molar-refractivity contribution is 0.0510. The van der Waals surface area contributed by atoms with E-state index in [9.17, 15) is 9.59 Å². The molecule has 20 heavy (non-hydrogen) atoms. The minimum absolute atomic E-state index is 0.0224. The van der Waals surface area contributed by atoms with Gasteiger partial charge in [0, 0.05) is 13.0 Å². The molecule has 3 rings (SSSR count). The van der Waals surface area contributed by atoms with Crippen LogP contribution in [-0.4, -0.2) is 22.1 Å². The van der Waals surface area contributed by atoms with E-state index in [1.807, 2.05) is 6.92 Å². The molecule has 0 bridgehead atoms. The molecule has 0 saturated heterocycles. The predicted molar refractivity (Wildman–Crippen MR) is 77.5 cm³/mol. The number of esters is 1. The summed E-state index contributed by atoms with van der Waals surface area (Å²) in [6.45, 7) is 4.87. The van der Waals surface area contributed by atoms with E-state index in [2.05, 4.69) is 4.98 Å². The quantitative estimate of drug-likeness (QED) is 0.814. The second-order valence-corrected chi connectivity index (χ2v) is 5.96. The van der Waals surface area contributed by atoms with Crippen molar-refractivity contribution in [3.63, 3.8) is 0 Å². The predicted octanol–water partition coefficient (Wildman–Crippen LogP) is 2.28. The van der Waals surface area contributed by atoms with Crippen molar-refractivity contribution in [2.45, 2.75) is 39.7 Å². The molecule has 1 aliphatic heterocycles. The largest absolute Gasteiger partial charge is 0.462 e. The Labute approximate surface area is 120 Å². The molecular formula is C14H16N2O3S. The second kappa shape index (κ2) is 5.01. The summed E-state index contributed by atoms with van der Waals surface area (Å²) in [5.41, 5.74) is 0.677. The lowest BCUT2D eigenvalue weighted by atomic mass is 10.2. The topological polar surface area (TPSA) is 61.2 Å². The van der Waals surface area contributed by atoms with Crippen molar-refractivity contribution < 1.29 is 9.53 Å². The third-order valence-corrected chi connectivity index (χ3v) is 4.70. The van der Waals surface area contributed by atoms with Gasteiger partial charge >= 0.3 is 5.97 Å². The molecule has 3 heterocycles. The highest BCUT2D eigenvalue weighted by molar-refractivity contribution is 7.20. The van der Waals surface area contributed by atoms with Crippen LogP contribution in [0.25, 0.3) is 10.2 Å². The molecule has 0 N–H and O–H groups in total. The van der Waals surface area contributed by atoms with E-state index in [0.717, 1.165) is 31.6 Å². The van der Waals surface area contributed by atoms with Crippen LogP contribution < -0.4 is 5.56 Å². The second-order valence-electron chi connectivity index (χ2n) is 4.96. The number of carbonyl (C=O) groups is 1. The molecule has 0 unspecified atom stereocenters. The van der Waals surface area contributed by atoms with Gasteiger partial charge < -0.3 is 4.74 Å². The lowest BCUT2D eigenvalue weighted by Crippen LogP contribution is -2.20. The Bertz CT molecular complexity index is 745. The molecule has 0 spiro atoms. The molecule has 5 nitrogen and oxygen atoms in total. The first-order chi connectivity index (χ1) is 9.63. The summed E-state index contributed by atoms with van der Waals surface area (Å²) in [7, 11) is 0. The number of aromatic nitrogens is 2. The van der Waals surface area contributed by atoms with Gasteiger partial charge in [0.25, 0.3) is 5.56 Å². The number of thiophene rings is 1. The Hall–Kier alpha value is -1.69. The molecular weight excluding hydrogens is 276 g/mol. The van der Waals surface area contributed by atoms with Gasteiger partial charge in [0.2, 0.25) is 0 Å². The molecule has 2 aromatic rings. The summed E-state index contributed by atoms with van der Waals surface area (Å²) in [4.78, 5) is 30.2. The van der Waals surface area contributed by atoms with Crippen molar-refractivity contribution in [2.24, 2.45) is 0 Å². The van der Waals surface area contributed by atoms with Crippen LogP contribution in [0.5, 0.6) is 0 Å². The van der Waals surface area contributed by atoms with Gasteiger partial charge in [-0.2, -0.15) is 0 Å². The first-order valence-corrected chi connectivity index (χ1v) is 7.65. The maximum Gasteiger partial charge on any atom is 0.348 e. The van der Waals surface area contributed by atoms with Crippen LogP contribution in [0.1, 0.15) is 40.8 Å². The van der Waals surface area contributed by atoms with Crippen LogP contribution in [0.4, 0.5) is 0 Å². The highest BCUT2D eigenvalue weighted by atomic mass is 32.1.